The first-order chi connectivity index (χ1) is 8.75. The van der Waals surface area contributed by atoms with Crippen molar-refractivity contribution in [3.05, 3.63) is 20.8 Å². The van der Waals surface area contributed by atoms with E-state index in [4.69, 9.17) is 5.73 Å². The lowest BCUT2D eigenvalue weighted by molar-refractivity contribution is 0.494. The summed E-state index contributed by atoms with van der Waals surface area (Å²) in [6, 6.07) is 0. The van der Waals surface area contributed by atoms with Crippen molar-refractivity contribution in [2.45, 2.75) is 34.2 Å². The van der Waals surface area contributed by atoms with E-state index in [0.717, 1.165) is 4.57 Å². The molecule has 1 rings (SSSR count). The second kappa shape index (κ2) is 5.95. The van der Waals surface area contributed by atoms with Crippen LogP contribution in [0.5, 0.6) is 0 Å². The fourth-order valence-corrected chi connectivity index (χ4v) is 1.80. The Hall–Kier alpha value is -1.72. The van der Waals surface area contributed by atoms with Crippen molar-refractivity contribution in [1.82, 2.24) is 9.13 Å². The Morgan fingerprint density at radius 2 is 1.74 bits per heavy atom. The van der Waals surface area contributed by atoms with Crippen molar-refractivity contribution < 1.29 is 0 Å². The largest absolute Gasteiger partial charge is 0.383 e. The van der Waals surface area contributed by atoms with Crippen LogP contribution in [-0.2, 0) is 13.6 Å². The van der Waals surface area contributed by atoms with Gasteiger partial charge in [0.05, 0.1) is 0 Å². The second-order valence-electron chi connectivity index (χ2n) is 5.69. The lowest BCUT2D eigenvalue weighted by Gasteiger charge is -2.18. The highest BCUT2D eigenvalue weighted by Crippen LogP contribution is 2.12. The summed E-state index contributed by atoms with van der Waals surface area (Å²) < 4.78 is 2.55. The molecule has 0 aliphatic rings. The summed E-state index contributed by atoms with van der Waals surface area (Å²) in [7, 11) is 1.47. The zero-order chi connectivity index (χ0) is 14.7. The molecule has 6 nitrogen and oxygen atoms in total. The first-order valence-electron chi connectivity index (χ1n) is 6.58. The third kappa shape index (κ3) is 3.39. The van der Waals surface area contributed by atoms with Gasteiger partial charge in [-0.2, -0.15) is 0 Å². The van der Waals surface area contributed by atoms with E-state index in [2.05, 4.69) is 5.32 Å². The maximum absolute atomic E-state index is 12.1. The molecule has 1 aromatic rings. The number of aromatic nitrogens is 2. The molecule has 3 N–H and O–H groups in total. The van der Waals surface area contributed by atoms with Crippen LogP contribution < -0.4 is 22.3 Å². The van der Waals surface area contributed by atoms with Crippen molar-refractivity contribution >= 4 is 11.5 Å². The van der Waals surface area contributed by atoms with Crippen LogP contribution in [0.15, 0.2) is 9.59 Å². The van der Waals surface area contributed by atoms with Crippen LogP contribution in [0.4, 0.5) is 11.5 Å². The van der Waals surface area contributed by atoms with Crippen LogP contribution in [0.1, 0.15) is 27.7 Å². The van der Waals surface area contributed by atoms with E-state index in [-0.39, 0.29) is 23.0 Å². The summed E-state index contributed by atoms with van der Waals surface area (Å²) in [4.78, 5) is 24.1. The molecule has 1 aromatic heterocycles. The molecule has 0 bridgehead atoms. The predicted molar refractivity (Wildman–Crippen MR) is 78.5 cm³/mol. The molecule has 0 atom stereocenters. The standard InChI is InChI=1S/C13H24N4O2/c1-8(2)6-15-10-11(14)17(7-9(3)4)13(19)16(5)12(10)18/h8-9,15H,6-7,14H2,1-5H3. The van der Waals surface area contributed by atoms with Gasteiger partial charge in [0.15, 0.2) is 0 Å². The van der Waals surface area contributed by atoms with Crippen molar-refractivity contribution in [3.8, 4) is 0 Å². The Morgan fingerprint density at radius 1 is 1.16 bits per heavy atom. The molecule has 0 aliphatic carbocycles. The fraction of sp³-hybridized carbons (Fsp3) is 0.692. The summed E-state index contributed by atoms with van der Waals surface area (Å²) in [6.45, 7) is 9.21. The molecule has 0 radical (unpaired) electrons. The predicted octanol–water partition coefficient (Wildman–Crippen LogP) is 0.853. The van der Waals surface area contributed by atoms with Gasteiger partial charge in [-0.1, -0.05) is 27.7 Å². The minimum absolute atomic E-state index is 0.224. The average molecular weight is 268 g/mol. The molecule has 0 aliphatic heterocycles. The molecule has 0 saturated carbocycles. The molecule has 108 valence electrons. The lowest BCUT2D eigenvalue weighted by atomic mass is 10.2. The number of hydrogen-bond acceptors (Lipinski definition) is 4. The van der Waals surface area contributed by atoms with Crippen LogP contribution >= 0.6 is 0 Å². The van der Waals surface area contributed by atoms with Crippen LogP contribution in [0.2, 0.25) is 0 Å². The van der Waals surface area contributed by atoms with Crippen LogP contribution in [-0.4, -0.2) is 15.7 Å². The summed E-state index contributed by atoms with van der Waals surface area (Å²) in [6.07, 6.45) is 0. The molecule has 0 fully saturated rings. The SMILES string of the molecule is CC(C)CNc1c(N)n(CC(C)C)c(=O)n(C)c1=O. The lowest BCUT2D eigenvalue weighted by Crippen LogP contribution is -2.41. The minimum atomic E-state index is -0.372. The highest BCUT2D eigenvalue weighted by molar-refractivity contribution is 5.60. The van der Waals surface area contributed by atoms with Gasteiger partial charge in [-0.25, -0.2) is 4.79 Å². The fourth-order valence-electron chi connectivity index (χ4n) is 1.80. The van der Waals surface area contributed by atoms with Crippen LogP contribution in [0, 0.1) is 11.8 Å². The van der Waals surface area contributed by atoms with Gasteiger partial charge >= 0.3 is 5.69 Å². The third-order valence-corrected chi connectivity index (χ3v) is 2.82. The summed E-state index contributed by atoms with van der Waals surface area (Å²) in [5.74, 6) is 0.882. The van der Waals surface area contributed by atoms with Gasteiger partial charge in [0.1, 0.15) is 11.5 Å². The van der Waals surface area contributed by atoms with Gasteiger partial charge in [0, 0.05) is 20.1 Å². The maximum Gasteiger partial charge on any atom is 0.332 e. The van der Waals surface area contributed by atoms with Gasteiger partial charge in [-0.3, -0.25) is 13.9 Å². The molecule has 0 unspecified atom stereocenters. The summed E-state index contributed by atoms with van der Waals surface area (Å²) in [5, 5.41) is 3.04. The van der Waals surface area contributed by atoms with Crippen LogP contribution in [0.25, 0.3) is 0 Å². The molecule has 0 spiro atoms. The first-order valence-corrected chi connectivity index (χ1v) is 6.58. The molecular weight excluding hydrogens is 244 g/mol. The van der Waals surface area contributed by atoms with E-state index >= 15 is 0 Å². The molecular formula is C13H24N4O2. The average Bonchev–Trinajstić information content (AvgIpc) is 2.31. The zero-order valence-corrected chi connectivity index (χ0v) is 12.4. The Bertz CT molecular complexity index is 555. The number of rotatable bonds is 5. The Morgan fingerprint density at radius 3 is 2.21 bits per heavy atom. The zero-order valence-electron chi connectivity index (χ0n) is 12.4. The van der Waals surface area contributed by atoms with Gasteiger partial charge < -0.3 is 11.1 Å². The topological polar surface area (TPSA) is 82.0 Å². The molecule has 19 heavy (non-hydrogen) atoms. The van der Waals surface area contributed by atoms with Gasteiger partial charge in [0.25, 0.3) is 5.56 Å². The molecule has 1 heterocycles. The number of nitrogens with zero attached hydrogens (tertiary/aromatic N) is 2. The number of hydrogen-bond donors (Lipinski definition) is 2. The molecule has 0 amide bonds. The number of nitrogens with two attached hydrogens (primary N) is 1. The highest BCUT2D eigenvalue weighted by Gasteiger charge is 2.15. The smallest absolute Gasteiger partial charge is 0.332 e. The van der Waals surface area contributed by atoms with E-state index in [9.17, 15) is 9.59 Å². The number of nitrogen functional groups attached to an aromatic ring is 1. The van der Waals surface area contributed by atoms with Gasteiger partial charge in [-0.05, 0) is 11.8 Å². The van der Waals surface area contributed by atoms with Gasteiger partial charge in [0.2, 0.25) is 0 Å². The number of nitrogens with one attached hydrogen (secondary N) is 1. The van der Waals surface area contributed by atoms with Crippen molar-refractivity contribution in [2.24, 2.45) is 18.9 Å². The quantitative estimate of drug-likeness (QED) is 0.829. The van der Waals surface area contributed by atoms with Crippen molar-refractivity contribution in [3.63, 3.8) is 0 Å². The van der Waals surface area contributed by atoms with E-state index < -0.39 is 0 Å². The molecule has 0 aromatic carbocycles. The monoisotopic (exact) mass is 268 g/mol. The Labute approximate surface area is 113 Å². The van der Waals surface area contributed by atoms with Crippen molar-refractivity contribution in [2.75, 3.05) is 17.6 Å². The summed E-state index contributed by atoms with van der Waals surface area (Å²) >= 11 is 0. The van der Waals surface area contributed by atoms with E-state index in [1.165, 1.54) is 11.6 Å². The van der Waals surface area contributed by atoms with Gasteiger partial charge in [-0.15, -0.1) is 0 Å². The van der Waals surface area contributed by atoms with E-state index in [0.29, 0.717) is 24.7 Å². The number of anilines is 2. The van der Waals surface area contributed by atoms with Crippen LogP contribution in [0.3, 0.4) is 0 Å². The second-order valence-corrected chi connectivity index (χ2v) is 5.69. The summed E-state index contributed by atoms with van der Waals surface area (Å²) in [5.41, 5.74) is 5.55. The molecule has 6 heteroatoms. The van der Waals surface area contributed by atoms with E-state index in [1.54, 1.807) is 0 Å². The third-order valence-electron chi connectivity index (χ3n) is 2.82. The normalized spacial score (nSPS) is 11.3. The highest BCUT2D eigenvalue weighted by atomic mass is 16.2. The van der Waals surface area contributed by atoms with Crippen molar-refractivity contribution in [1.29, 1.82) is 0 Å². The van der Waals surface area contributed by atoms with E-state index in [1.807, 2.05) is 27.7 Å². The molecule has 0 saturated heterocycles. The Kier molecular flexibility index (Phi) is 4.80. The Balaban J connectivity index is 3.35. The maximum atomic E-state index is 12.1. The minimum Gasteiger partial charge on any atom is -0.383 e. The first kappa shape index (κ1) is 15.3.